The molecule has 0 bridgehead atoms. The highest BCUT2D eigenvalue weighted by molar-refractivity contribution is 5.93. The summed E-state index contributed by atoms with van der Waals surface area (Å²) in [6.45, 7) is 2.20. The van der Waals surface area contributed by atoms with Crippen LogP contribution in [0.5, 0.6) is 0 Å². The third kappa shape index (κ3) is 1.92. The van der Waals surface area contributed by atoms with Crippen molar-refractivity contribution in [2.24, 2.45) is 0 Å². The summed E-state index contributed by atoms with van der Waals surface area (Å²) in [7, 11) is 1.38. The highest BCUT2D eigenvalue weighted by atomic mass is 16.5. The maximum Gasteiger partial charge on any atom is 0.335 e. The van der Waals surface area contributed by atoms with Crippen molar-refractivity contribution in [2.75, 3.05) is 19.0 Å². The van der Waals surface area contributed by atoms with Crippen LogP contribution in [0.2, 0.25) is 0 Å². The number of esters is 2. The molecule has 3 aliphatic rings. The summed E-state index contributed by atoms with van der Waals surface area (Å²) in [5.74, 6) is -0.706. The van der Waals surface area contributed by atoms with Gasteiger partial charge in [0.1, 0.15) is 6.10 Å². The molecule has 0 unspecified atom stereocenters. The van der Waals surface area contributed by atoms with Crippen LogP contribution in [0.4, 0.5) is 5.69 Å². The molecule has 1 aromatic carbocycles. The molecule has 2 aliphatic heterocycles. The Balaban J connectivity index is 1.92. The molecular weight excluding hydrogens is 308 g/mol. The van der Waals surface area contributed by atoms with E-state index in [4.69, 9.17) is 9.47 Å². The average molecular weight is 328 g/mol. The number of fused-ring (bicyclic) bond motifs is 1. The molecule has 126 valence electrons. The Morgan fingerprint density at radius 3 is 2.83 bits per heavy atom. The molecule has 2 heterocycles. The van der Waals surface area contributed by atoms with Gasteiger partial charge in [-0.25, -0.2) is 4.79 Å². The van der Waals surface area contributed by atoms with E-state index < -0.39 is 6.10 Å². The normalized spacial score (nSPS) is 30.1. The Morgan fingerprint density at radius 2 is 2.08 bits per heavy atom. The second-order valence-corrected chi connectivity index (χ2v) is 6.52. The Morgan fingerprint density at radius 1 is 1.29 bits per heavy atom. The fraction of sp³-hybridized carbons (Fsp3) is 0.444. The van der Waals surface area contributed by atoms with Gasteiger partial charge in [0, 0.05) is 24.7 Å². The molecule has 2 N–H and O–H groups in total. The lowest BCUT2D eigenvalue weighted by Gasteiger charge is -2.41. The van der Waals surface area contributed by atoms with E-state index in [0.29, 0.717) is 12.0 Å². The Kier molecular flexibility index (Phi) is 3.38. The number of carbonyl (C=O) groups is 2. The van der Waals surface area contributed by atoms with E-state index in [1.807, 2.05) is 18.2 Å². The zero-order valence-electron chi connectivity index (χ0n) is 13.7. The van der Waals surface area contributed by atoms with Gasteiger partial charge >= 0.3 is 11.9 Å². The van der Waals surface area contributed by atoms with Crippen LogP contribution in [0, 0.1) is 0 Å². The summed E-state index contributed by atoms with van der Waals surface area (Å²) < 4.78 is 10.6. The van der Waals surface area contributed by atoms with E-state index in [1.165, 1.54) is 14.0 Å². The van der Waals surface area contributed by atoms with Crippen molar-refractivity contribution in [3.05, 3.63) is 41.1 Å². The molecule has 6 nitrogen and oxygen atoms in total. The minimum absolute atomic E-state index is 0.0547. The lowest BCUT2D eigenvalue weighted by atomic mass is 9.66. The number of anilines is 1. The lowest BCUT2D eigenvalue weighted by molar-refractivity contribution is -0.150. The van der Waals surface area contributed by atoms with E-state index >= 15 is 0 Å². The van der Waals surface area contributed by atoms with Crippen LogP contribution in [0.15, 0.2) is 35.5 Å². The van der Waals surface area contributed by atoms with Gasteiger partial charge in [-0.3, -0.25) is 4.79 Å². The van der Waals surface area contributed by atoms with E-state index in [1.54, 1.807) is 0 Å². The predicted octanol–water partition coefficient (Wildman–Crippen LogP) is 1.47. The van der Waals surface area contributed by atoms with Gasteiger partial charge in [-0.2, -0.15) is 0 Å². The van der Waals surface area contributed by atoms with Crippen LogP contribution < -0.4 is 10.6 Å². The molecule has 0 amide bonds. The first kappa shape index (κ1) is 15.2. The first-order valence-electron chi connectivity index (χ1n) is 8.17. The summed E-state index contributed by atoms with van der Waals surface area (Å²) in [5.41, 5.74) is 3.24. The Hall–Kier alpha value is -2.34. The maximum absolute atomic E-state index is 12.4. The van der Waals surface area contributed by atoms with Gasteiger partial charge in [0.2, 0.25) is 0 Å². The average Bonchev–Trinajstić information content (AvgIpc) is 3.15. The van der Waals surface area contributed by atoms with Crippen LogP contribution in [0.1, 0.15) is 25.3 Å². The van der Waals surface area contributed by atoms with Crippen molar-refractivity contribution >= 4 is 17.6 Å². The fourth-order valence-corrected chi connectivity index (χ4v) is 4.55. The number of rotatable bonds is 2. The summed E-state index contributed by atoms with van der Waals surface area (Å²) >= 11 is 0. The number of hydrogen-bond acceptors (Lipinski definition) is 6. The highest BCUT2D eigenvalue weighted by Crippen LogP contribution is 2.55. The van der Waals surface area contributed by atoms with Crippen LogP contribution in [0.3, 0.4) is 0 Å². The van der Waals surface area contributed by atoms with E-state index in [0.717, 1.165) is 29.9 Å². The fourth-order valence-electron chi connectivity index (χ4n) is 4.55. The van der Waals surface area contributed by atoms with Gasteiger partial charge in [-0.15, -0.1) is 0 Å². The van der Waals surface area contributed by atoms with Gasteiger partial charge < -0.3 is 20.1 Å². The SMILES string of the molecule is COC(=O)C1=C2Nc3ccccc3[C@@]23CCN[C@H]3[C@H](OC(C)=O)C1. The molecule has 24 heavy (non-hydrogen) atoms. The second-order valence-electron chi connectivity index (χ2n) is 6.52. The van der Waals surface area contributed by atoms with E-state index in [-0.39, 0.29) is 23.4 Å². The number of carbonyl (C=O) groups excluding carboxylic acids is 2. The molecule has 1 spiro atoms. The van der Waals surface area contributed by atoms with Gasteiger partial charge in [-0.1, -0.05) is 18.2 Å². The van der Waals surface area contributed by atoms with Crippen molar-refractivity contribution < 1.29 is 19.1 Å². The van der Waals surface area contributed by atoms with E-state index in [9.17, 15) is 9.59 Å². The number of para-hydroxylation sites is 1. The number of methoxy groups -OCH3 is 1. The standard InChI is InChI=1S/C18H20N2O4/c1-10(21)24-14-9-11(17(22)23-2)15-18(7-8-19-16(14)18)12-5-3-4-6-13(12)20-15/h3-6,14,16,19-20H,7-9H2,1-2H3/t14-,16+,18+/m1/s1. The molecule has 0 radical (unpaired) electrons. The van der Waals surface area contributed by atoms with Gasteiger partial charge in [0.15, 0.2) is 0 Å². The monoisotopic (exact) mass is 328 g/mol. The largest absolute Gasteiger partial charge is 0.466 e. The Bertz CT molecular complexity index is 757. The molecule has 1 saturated heterocycles. The summed E-state index contributed by atoms with van der Waals surface area (Å²) in [4.78, 5) is 24.0. The third-order valence-electron chi connectivity index (χ3n) is 5.36. The summed E-state index contributed by atoms with van der Waals surface area (Å²) in [6.07, 6.45) is 0.799. The smallest absolute Gasteiger partial charge is 0.335 e. The molecular formula is C18H20N2O4. The van der Waals surface area contributed by atoms with Gasteiger partial charge in [0.05, 0.1) is 24.1 Å². The minimum atomic E-state index is -0.393. The van der Waals surface area contributed by atoms with Crippen LogP contribution in [0.25, 0.3) is 0 Å². The van der Waals surface area contributed by atoms with Crippen molar-refractivity contribution in [1.29, 1.82) is 0 Å². The highest BCUT2D eigenvalue weighted by Gasteiger charge is 2.59. The first-order chi connectivity index (χ1) is 11.6. The number of ether oxygens (including phenoxy) is 2. The Labute approximate surface area is 140 Å². The first-order valence-corrected chi connectivity index (χ1v) is 8.17. The van der Waals surface area contributed by atoms with E-state index in [2.05, 4.69) is 16.7 Å². The predicted molar refractivity (Wildman–Crippen MR) is 87.4 cm³/mol. The van der Waals surface area contributed by atoms with Crippen molar-refractivity contribution in [3.63, 3.8) is 0 Å². The molecule has 0 saturated carbocycles. The summed E-state index contributed by atoms with van der Waals surface area (Å²) in [5, 5.41) is 6.93. The number of benzene rings is 1. The topological polar surface area (TPSA) is 76.7 Å². The minimum Gasteiger partial charge on any atom is -0.466 e. The van der Waals surface area contributed by atoms with Crippen LogP contribution >= 0.6 is 0 Å². The van der Waals surface area contributed by atoms with Crippen LogP contribution in [-0.2, 0) is 24.5 Å². The molecule has 1 aromatic rings. The van der Waals surface area contributed by atoms with Crippen molar-refractivity contribution in [1.82, 2.24) is 5.32 Å². The van der Waals surface area contributed by atoms with Gasteiger partial charge in [0.25, 0.3) is 0 Å². The molecule has 1 aliphatic carbocycles. The molecule has 4 rings (SSSR count). The maximum atomic E-state index is 12.4. The zero-order valence-corrected chi connectivity index (χ0v) is 13.7. The summed E-state index contributed by atoms with van der Waals surface area (Å²) in [6, 6.07) is 8.02. The quantitative estimate of drug-likeness (QED) is 0.801. The number of hydrogen-bond donors (Lipinski definition) is 2. The molecule has 1 fully saturated rings. The van der Waals surface area contributed by atoms with Crippen molar-refractivity contribution in [2.45, 2.75) is 37.3 Å². The lowest BCUT2D eigenvalue weighted by Crippen LogP contribution is -2.54. The van der Waals surface area contributed by atoms with Crippen molar-refractivity contribution in [3.8, 4) is 0 Å². The van der Waals surface area contributed by atoms with Crippen LogP contribution in [-0.4, -0.2) is 37.7 Å². The zero-order chi connectivity index (χ0) is 16.9. The molecule has 6 heteroatoms. The van der Waals surface area contributed by atoms with Gasteiger partial charge in [-0.05, 0) is 24.6 Å². The number of nitrogens with one attached hydrogen (secondary N) is 2. The second kappa shape index (κ2) is 5.34. The molecule has 3 atom stereocenters. The third-order valence-corrected chi connectivity index (χ3v) is 5.36. The molecule has 0 aromatic heterocycles.